The SMILES string of the molecule is COCCN(CCO)Cc1cc(C#N)cs1. The maximum absolute atomic E-state index is 8.93. The molecular formula is C11H16N2O2S. The van der Waals surface area contributed by atoms with Gasteiger partial charge in [-0.05, 0) is 6.07 Å². The summed E-state index contributed by atoms with van der Waals surface area (Å²) in [5.74, 6) is 0. The van der Waals surface area contributed by atoms with E-state index < -0.39 is 0 Å². The third kappa shape index (κ3) is 4.29. The molecule has 1 aromatic heterocycles. The lowest BCUT2D eigenvalue weighted by Crippen LogP contribution is -2.29. The van der Waals surface area contributed by atoms with Crippen LogP contribution in [0.3, 0.4) is 0 Å². The van der Waals surface area contributed by atoms with E-state index in [9.17, 15) is 0 Å². The highest BCUT2D eigenvalue weighted by atomic mass is 32.1. The maximum Gasteiger partial charge on any atom is 0.100 e. The molecule has 1 heterocycles. The zero-order valence-corrected chi connectivity index (χ0v) is 10.2. The Labute approximate surface area is 99.7 Å². The van der Waals surface area contributed by atoms with Gasteiger partial charge in [0.2, 0.25) is 0 Å². The Hall–Kier alpha value is -0.930. The van der Waals surface area contributed by atoms with Gasteiger partial charge in [-0.25, -0.2) is 0 Å². The van der Waals surface area contributed by atoms with E-state index in [0.29, 0.717) is 18.7 Å². The molecule has 0 amide bonds. The molecule has 0 aliphatic heterocycles. The number of methoxy groups -OCH3 is 1. The van der Waals surface area contributed by atoms with Gasteiger partial charge >= 0.3 is 0 Å². The number of thiophene rings is 1. The van der Waals surface area contributed by atoms with E-state index in [2.05, 4.69) is 11.0 Å². The number of nitrogens with zero attached hydrogens (tertiary/aromatic N) is 2. The van der Waals surface area contributed by atoms with Gasteiger partial charge in [-0.1, -0.05) is 0 Å². The van der Waals surface area contributed by atoms with Gasteiger partial charge in [-0.2, -0.15) is 5.26 Å². The van der Waals surface area contributed by atoms with Crippen LogP contribution in [0.2, 0.25) is 0 Å². The zero-order chi connectivity index (χ0) is 11.8. The van der Waals surface area contributed by atoms with Gasteiger partial charge in [0.05, 0.1) is 18.8 Å². The van der Waals surface area contributed by atoms with Crippen molar-refractivity contribution in [1.82, 2.24) is 4.90 Å². The first-order valence-corrected chi connectivity index (χ1v) is 5.97. The van der Waals surface area contributed by atoms with Crippen LogP contribution in [-0.2, 0) is 11.3 Å². The molecule has 0 aliphatic rings. The smallest absolute Gasteiger partial charge is 0.100 e. The Morgan fingerprint density at radius 1 is 1.56 bits per heavy atom. The lowest BCUT2D eigenvalue weighted by Gasteiger charge is -2.19. The van der Waals surface area contributed by atoms with Crippen molar-refractivity contribution in [2.45, 2.75) is 6.54 Å². The number of aliphatic hydroxyl groups excluding tert-OH is 1. The van der Waals surface area contributed by atoms with Crippen molar-refractivity contribution in [3.8, 4) is 6.07 Å². The summed E-state index contributed by atoms with van der Waals surface area (Å²) in [5.41, 5.74) is 0.704. The van der Waals surface area contributed by atoms with Gasteiger partial charge < -0.3 is 9.84 Å². The Bertz CT molecular complexity index is 346. The average molecular weight is 240 g/mol. The van der Waals surface area contributed by atoms with Gasteiger partial charge in [-0.3, -0.25) is 4.90 Å². The first kappa shape index (κ1) is 13.1. The summed E-state index contributed by atoms with van der Waals surface area (Å²) in [6.07, 6.45) is 0. The van der Waals surface area contributed by atoms with Gasteiger partial charge in [0.1, 0.15) is 6.07 Å². The highest BCUT2D eigenvalue weighted by Crippen LogP contribution is 2.15. The highest BCUT2D eigenvalue weighted by Gasteiger charge is 2.07. The molecule has 0 aliphatic carbocycles. The molecule has 4 nitrogen and oxygen atoms in total. The second kappa shape index (κ2) is 7.36. The average Bonchev–Trinajstić information content (AvgIpc) is 2.74. The maximum atomic E-state index is 8.93. The van der Waals surface area contributed by atoms with Crippen LogP contribution in [0.25, 0.3) is 0 Å². The van der Waals surface area contributed by atoms with Crippen molar-refractivity contribution < 1.29 is 9.84 Å². The molecule has 0 atom stereocenters. The summed E-state index contributed by atoms with van der Waals surface area (Å²) in [7, 11) is 1.66. The number of hydrogen-bond donors (Lipinski definition) is 1. The fraction of sp³-hybridized carbons (Fsp3) is 0.545. The molecule has 1 rings (SSSR count). The molecule has 1 N–H and O–H groups in total. The monoisotopic (exact) mass is 240 g/mol. The van der Waals surface area contributed by atoms with Crippen LogP contribution < -0.4 is 0 Å². The number of ether oxygens (including phenoxy) is 1. The summed E-state index contributed by atoms with van der Waals surface area (Å²) >= 11 is 1.58. The van der Waals surface area contributed by atoms with Crippen molar-refractivity contribution in [2.75, 3.05) is 33.4 Å². The molecule has 0 aromatic carbocycles. The Morgan fingerprint density at radius 3 is 2.94 bits per heavy atom. The minimum absolute atomic E-state index is 0.139. The first-order chi connectivity index (χ1) is 7.80. The van der Waals surface area contributed by atoms with E-state index in [1.807, 2.05) is 11.4 Å². The molecule has 0 spiro atoms. The standard InChI is InChI=1S/C11H16N2O2S/c1-15-5-3-13(2-4-14)8-11-6-10(7-12)9-16-11/h6,9,14H,2-5,8H2,1H3. The summed E-state index contributed by atoms with van der Waals surface area (Å²) in [6.45, 7) is 2.97. The minimum atomic E-state index is 0.139. The highest BCUT2D eigenvalue weighted by molar-refractivity contribution is 7.10. The summed E-state index contributed by atoms with van der Waals surface area (Å²) in [4.78, 5) is 3.25. The fourth-order valence-corrected chi connectivity index (χ4v) is 2.23. The predicted molar refractivity (Wildman–Crippen MR) is 63.3 cm³/mol. The van der Waals surface area contributed by atoms with Crippen LogP contribution in [0.15, 0.2) is 11.4 Å². The van der Waals surface area contributed by atoms with Crippen LogP contribution in [0, 0.1) is 11.3 Å². The van der Waals surface area contributed by atoms with Crippen LogP contribution in [-0.4, -0.2) is 43.4 Å². The van der Waals surface area contributed by atoms with Gasteiger partial charge in [0.15, 0.2) is 0 Å². The van der Waals surface area contributed by atoms with Gasteiger partial charge in [0, 0.05) is 37.0 Å². The van der Waals surface area contributed by atoms with Crippen molar-refractivity contribution in [3.63, 3.8) is 0 Å². The van der Waals surface area contributed by atoms with Crippen molar-refractivity contribution in [1.29, 1.82) is 5.26 Å². The molecular weight excluding hydrogens is 224 g/mol. The summed E-state index contributed by atoms with van der Waals surface area (Å²) < 4.78 is 5.01. The Balaban J connectivity index is 2.50. The first-order valence-electron chi connectivity index (χ1n) is 5.09. The molecule has 16 heavy (non-hydrogen) atoms. The molecule has 88 valence electrons. The van der Waals surface area contributed by atoms with Crippen LogP contribution in [0.5, 0.6) is 0 Å². The van der Waals surface area contributed by atoms with Crippen LogP contribution in [0.4, 0.5) is 0 Å². The molecule has 0 saturated heterocycles. The predicted octanol–water partition coefficient (Wildman–Crippen LogP) is 1.06. The van der Waals surface area contributed by atoms with E-state index in [4.69, 9.17) is 15.1 Å². The third-order valence-corrected chi connectivity index (χ3v) is 3.11. The van der Waals surface area contributed by atoms with E-state index in [0.717, 1.165) is 18.0 Å². The summed E-state index contributed by atoms with van der Waals surface area (Å²) in [5, 5.41) is 19.5. The number of hydrogen-bond acceptors (Lipinski definition) is 5. The fourth-order valence-electron chi connectivity index (χ4n) is 1.37. The quantitative estimate of drug-likeness (QED) is 0.774. The third-order valence-electron chi connectivity index (χ3n) is 2.19. The zero-order valence-electron chi connectivity index (χ0n) is 9.35. The van der Waals surface area contributed by atoms with E-state index in [1.165, 1.54) is 0 Å². The number of rotatable bonds is 7. The molecule has 0 bridgehead atoms. The van der Waals surface area contributed by atoms with Crippen LogP contribution >= 0.6 is 11.3 Å². The second-order valence-electron chi connectivity index (χ2n) is 3.41. The molecule has 0 radical (unpaired) electrons. The number of aliphatic hydroxyl groups is 1. The molecule has 0 unspecified atom stereocenters. The van der Waals surface area contributed by atoms with E-state index >= 15 is 0 Å². The van der Waals surface area contributed by atoms with Crippen molar-refractivity contribution in [3.05, 3.63) is 21.9 Å². The minimum Gasteiger partial charge on any atom is -0.395 e. The Morgan fingerprint density at radius 2 is 2.38 bits per heavy atom. The largest absolute Gasteiger partial charge is 0.395 e. The van der Waals surface area contributed by atoms with E-state index in [-0.39, 0.29) is 6.61 Å². The van der Waals surface area contributed by atoms with Gasteiger partial charge in [0.25, 0.3) is 0 Å². The topological polar surface area (TPSA) is 56.5 Å². The van der Waals surface area contributed by atoms with E-state index in [1.54, 1.807) is 18.4 Å². The second-order valence-corrected chi connectivity index (χ2v) is 4.40. The molecule has 0 fully saturated rings. The lowest BCUT2D eigenvalue weighted by molar-refractivity contribution is 0.127. The number of nitriles is 1. The molecule has 1 aromatic rings. The molecule has 5 heteroatoms. The normalized spacial score (nSPS) is 10.6. The van der Waals surface area contributed by atoms with Crippen molar-refractivity contribution >= 4 is 11.3 Å². The molecule has 0 saturated carbocycles. The van der Waals surface area contributed by atoms with Crippen molar-refractivity contribution in [2.24, 2.45) is 0 Å². The summed E-state index contributed by atoms with van der Waals surface area (Å²) in [6, 6.07) is 4.00. The van der Waals surface area contributed by atoms with Crippen LogP contribution in [0.1, 0.15) is 10.4 Å². The Kier molecular flexibility index (Phi) is 6.04. The van der Waals surface area contributed by atoms with Gasteiger partial charge in [-0.15, -0.1) is 11.3 Å². The lowest BCUT2D eigenvalue weighted by atomic mass is 10.3.